The van der Waals surface area contributed by atoms with Crippen LogP contribution in [0, 0.1) is 0 Å². The van der Waals surface area contributed by atoms with Crippen LogP contribution < -0.4 is 0 Å². The van der Waals surface area contributed by atoms with Gasteiger partial charge in [-0.25, -0.2) is 0 Å². The Labute approximate surface area is 138 Å². The van der Waals surface area contributed by atoms with E-state index in [-0.39, 0.29) is 0 Å². The second kappa shape index (κ2) is 7.61. The van der Waals surface area contributed by atoms with Crippen LogP contribution >= 0.6 is 58.0 Å². The fourth-order valence-electron chi connectivity index (χ4n) is 1.28. The fourth-order valence-corrected chi connectivity index (χ4v) is 1.54. The van der Waals surface area contributed by atoms with Crippen LogP contribution in [-0.4, -0.2) is 3.79 Å². The first-order valence-electron chi connectivity index (χ1n) is 5.34. The Morgan fingerprint density at radius 3 is 1.05 bits per heavy atom. The zero-order chi connectivity index (χ0) is 14.5. The topological polar surface area (TPSA) is 0 Å². The average Bonchev–Trinajstić information content (AvgIpc) is 2.29. The van der Waals surface area contributed by atoms with Gasteiger partial charge in [0.1, 0.15) is 0 Å². The summed E-state index contributed by atoms with van der Waals surface area (Å²) in [6.45, 7) is 1.48. The van der Waals surface area contributed by atoms with Crippen molar-refractivity contribution in [2.75, 3.05) is 0 Å². The van der Waals surface area contributed by atoms with Gasteiger partial charge < -0.3 is 0 Å². The van der Waals surface area contributed by atoms with E-state index < -0.39 is 3.79 Å². The van der Waals surface area contributed by atoms with Crippen LogP contribution in [0.3, 0.4) is 0 Å². The highest BCUT2D eigenvalue weighted by Crippen LogP contribution is 2.23. The first-order chi connectivity index (χ1) is 8.75. The zero-order valence-electron chi connectivity index (χ0n) is 10.0. The first kappa shape index (κ1) is 16.9. The van der Waals surface area contributed by atoms with Crippen molar-refractivity contribution in [3.63, 3.8) is 0 Å². The number of benzene rings is 2. The maximum Gasteiger partial charge on any atom is 0.187 e. The molecule has 0 aromatic heterocycles. The molecule has 0 nitrogen and oxygen atoms in total. The molecule has 0 atom stereocenters. The van der Waals surface area contributed by atoms with Gasteiger partial charge in [-0.05, 0) is 42.3 Å². The maximum atomic E-state index is 5.80. The summed E-state index contributed by atoms with van der Waals surface area (Å²) in [6.07, 6.45) is 0. The molecule has 19 heavy (non-hydrogen) atoms. The third-order valence-electron chi connectivity index (χ3n) is 2.02. The Balaban J connectivity index is 0.000000312. The van der Waals surface area contributed by atoms with Crippen molar-refractivity contribution >= 4 is 58.0 Å². The van der Waals surface area contributed by atoms with Gasteiger partial charge in [0, 0.05) is 10.0 Å². The first-order valence-corrected chi connectivity index (χ1v) is 7.23. The van der Waals surface area contributed by atoms with E-state index in [4.69, 9.17) is 58.0 Å². The number of alkyl halides is 3. The summed E-state index contributed by atoms with van der Waals surface area (Å²) in [5.74, 6) is 0. The number of hydrogen-bond acceptors (Lipinski definition) is 0. The SMILES string of the molecule is CC(Cl)(Cl)Cl.Clc1ccc(-c2ccc(Cl)cc2)cc1. The Morgan fingerprint density at radius 2 is 0.842 bits per heavy atom. The summed E-state index contributed by atoms with van der Waals surface area (Å²) in [5.41, 5.74) is 2.29. The fraction of sp³-hybridized carbons (Fsp3) is 0.143. The van der Waals surface area contributed by atoms with E-state index in [1.165, 1.54) is 6.92 Å². The van der Waals surface area contributed by atoms with Gasteiger partial charge in [0.25, 0.3) is 0 Å². The van der Waals surface area contributed by atoms with E-state index in [2.05, 4.69) is 0 Å². The molecule has 0 saturated heterocycles. The summed E-state index contributed by atoms with van der Waals surface area (Å²) in [6, 6.07) is 15.5. The second-order valence-electron chi connectivity index (χ2n) is 3.80. The monoisotopic (exact) mass is 354 g/mol. The molecular weight excluding hydrogens is 345 g/mol. The van der Waals surface area contributed by atoms with Crippen LogP contribution in [0.15, 0.2) is 48.5 Å². The van der Waals surface area contributed by atoms with Crippen LogP contribution in [0.25, 0.3) is 11.1 Å². The number of hydrogen-bond donors (Lipinski definition) is 0. The van der Waals surface area contributed by atoms with Crippen molar-refractivity contribution in [2.45, 2.75) is 10.7 Å². The van der Waals surface area contributed by atoms with Gasteiger partial charge in [-0.2, -0.15) is 0 Å². The van der Waals surface area contributed by atoms with E-state index in [1.54, 1.807) is 0 Å². The number of halogens is 5. The molecule has 0 saturated carbocycles. The highest BCUT2D eigenvalue weighted by Gasteiger charge is 2.07. The van der Waals surface area contributed by atoms with Gasteiger partial charge in [0.15, 0.2) is 3.79 Å². The Bertz CT molecular complexity index is 447. The predicted molar refractivity (Wildman–Crippen MR) is 87.9 cm³/mol. The minimum atomic E-state index is -1.08. The van der Waals surface area contributed by atoms with Gasteiger partial charge in [-0.1, -0.05) is 82.3 Å². The number of rotatable bonds is 1. The van der Waals surface area contributed by atoms with Gasteiger partial charge >= 0.3 is 0 Å². The van der Waals surface area contributed by atoms with Crippen molar-refractivity contribution in [1.82, 2.24) is 0 Å². The lowest BCUT2D eigenvalue weighted by molar-refractivity contribution is 1.27. The summed E-state index contributed by atoms with van der Waals surface area (Å²) in [5, 5.41) is 1.51. The highest BCUT2D eigenvalue weighted by atomic mass is 35.6. The molecular formula is C14H11Cl5. The van der Waals surface area contributed by atoms with Gasteiger partial charge in [-0.15, -0.1) is 0 Å². The lowest BCUT2D eigenvalue weighted by Crippen LogP contribution is -1.87. The molecule has 0 N–H and O–H groups in total. The average molecular weight is 357 g/mol. The van der Waals surface area contributed by atoms with E-state index in [9.17, 15) is 0 Å². The van der Waals surface area contributed by atoms with Crippen molar-refractivity contribution in [2.24, 2.45) is 0 Å². The molecule has 0 unspecified atom stereocenters. The molecule has 0 aliphatic heterocycles. The van der Waals surface area contributed by atoms with E-state index in [0.29, 0.717) is 0 Å². The molecule has 2 rings (SSSR count). The molecule has 2 aromatic rings. The molecule has 2 aromatic carbocycles. The zero-order valence-corrected chi connectivity index (χ0v) is 13.8. The van der Waals surface area contributed by atoms with Gasteiger partial charge in [0.05, 0.1) is 0 Å². The molecule has 0 fully saturated rings. The Kier molecular flexibility index (Phi) is 6.79. The molecule has 0 amide bonds. The van der Waals surface area contributed by atoms with Crippen LogP contribution in [0.4, 0.5) is 0 Å². The van der Waals surface area contributed by atoms with Crippen molar-refractivity contribution in [3.05, 3.63) is 58.6 Å². The van der Waals surface area contributed by atoms with Crippen LogP contribution in [0.2, 0.25) is 10.0 Å². The summed E-state index contributed by atoms with van der Waals surface area (Å²) in [7, 11) is 0. The molecule has 0 aliphatic rings. The normalized spacial score (nSPS) is 10.6. The molecule has 0 radical (unpaired) electrons. The quantitative estimate of drug-likeness (QED) is 0.481. The molecule has 0 bridgehead atoms. The van der Waals surface area contributed by atoms with Crippen molar-refractivity contribution in [1.29, 1.82) is 0 Å². The van der Waals surface area contributed by atoms with E-state index in [0.717, 1.165) is 21.2 Å². The Morgan fingerprint density at radius 1 is 0.632 bits per heavy atom. The molecule has 5 heteroatoms. The maximum absolute atomic E-state index is 5.80. The van der Waals surface area contributed by atoms with Crippen LogP contribution in [0.1, 0.15) is 6.92 Å². The summed E-state index contributed by atoms with van der Waals surface area (Å²) in [4.78, 5) is 0. The molecule has 0 spiro atoms. The van der Waals surface area contributed by atoms with E-state index in [1.807, 2.05) is 48.5 Å². The third kappa shape index (κ3) is 7.91. The third-order valence-corrected chi connectivity index (χ3v) is 2.53. The van der Waals surface area contributed by atoms with Crippen molar-refractivity contribution < 1.29 is 0 Å². The highest BCUT2D eigenvalue weighted by molar-refractivity contribution is 6.67. The van der Waals surface area contributed by atoms with Crippen molar-refractivity contribution in [3.8, 4) is 11.1 Å². The standard InChI is InChI=1S/C12H8Cl2.C2H3Cl3/c13-11-5-1-9(2-6-11)10-3-7-12(14)8-4-10;1-2(3,4)5/h1-8H;1H3. The van der Waals surface area contributed by atoms with Crippen LogP contribution in [0.5, 0.6) is 0 Å². The Hall–Kier alpha value is -0.110. The smallest absolute Gasteiger partial charge is 0.0843 e. The minimum absolute atomic E-state index is 0.753. The minimum Gasteiger partial charge on any atom is -0.0843 e. The second-order valence-corrected chi connectivity index (χ2v) is 7.52. The van der Waals surface area contributed by atoms with Gasteiger partial charge in [0.2, 0.25) is 0 Å². The summed E-state index contributed by atoms with van der Waals surface area (Å²) >= 11 is 26.8. The lowest BCUT2D eigenvalue weighted by Gasteiger charge is -2.01. The predicted octanol–water partition coefficient (Wildman–Crippen LogP) is 7.04. The lowest BCUT2D eigenvalue weighted by atomic mass is 10.1. The van der Waals surface area contributed by atoms with Gasteiger partial charge in [-0.3, -0.25) is 0 Å². The molecule has 0 aliphatic carbocycles. The summed E-state index contributed by atoms with van der Waals surface area (Å²) < 4.78 is -1.08. The van der Waals surface area contributed by atoms with Crippen LogP contribution in [-0.2, 0) is 0 Å². The van der Waals surface area contributed by atoms with E-state index >= 15 is 0 Å². The molecule has 0 heterocycles. The largest absolute Gasteiger partial charge is 0.187 e. The molecule has 102 valence electrons.